The van der Waals surface area contributed by atoms with Crippen LogP contribution in [0.2, 0.25) is 0 Å². The summed E-state index contributed by atoms with van der Waals surface area (Å²) in [4.78, 5) is 12.3. The smallest absolute Gasteiger partial charge is 0.236 e. The van der Waals surface area contributed by atoms with Gasteiger partial charge in [0.05, 0.1) is 21.8 Å². The van der Waals surface area contributed by atoms with Gasteiger partial charge in [-0.15, -0.1) is 0 Å². The summed E-state index contributed by atoms with van der Waals surface area (Å²) >= 11 is 4.91. The largest absolute Gasteiger partial charge is 0.392 e. The molecule has 1 aromatic heterocycles. The molecule has 0 radical (unpaired) electrons. The number of nitrogens with two attached hydrogens (primary N) is 1. The third kappa shape index (κ3) is 2.87. The maximum atomic E-state index is 12.1. The van der Waals surface area contributed by atoms with Crippen molar-refractivity contribution in [1.82, 2.24) is 9.78 Å². The van der Waals surface area contributed by atoms with Gasteiger partial charge in [0.15, 0.2) is 0 Å². The molecule has 1 aromatic rings. The lowest BCUT2D eigenvalue weighted by molar-refractivity contribution is -0.121. The molecule has 1 amide bonds. The molecule has 0 fully saturated rings. The van der Waals surface area contributed by atoms with Crippen molar-refractivity contribution >= 4 is 28.8 Å². The number of carbonyl (C=O) groups is 1. The van der Waals surface area contributed by atoms with E-state index in [2.05, 4.69) is 10.4 Å². The van der Waals surface area contributed by atoms with Gasteiger partial charge in [0.25, 0.3) is 0 Å². The number of amides is 1. The summed E-state index contributed by atoms with van der Waals surface area (Å²) in [6.45, 7) is 7.46. The van der Waals surface area contributed by atoms with Crippen LogP contribution in [0, 0.1) is 5.41 Å². The minimum Gasteiger partial charge on any atom is -0.392 e. The number of hydrogen-bond donors (Lipinski definition) is 2. The first-order valence-corrected chi connectivity index (χ1v) is 6.22. The van der Waals surface area contributed by atoms with Gasteiger partial charge in [-0.3, -0.25) is 9.48 Å². The van der Waals surface area contributed by atoms with Crippen LogP contribution >= 0.6 is 12.2 Å². The lowest BCUT2D eigenvalue weighted by Crippen LogP contribution is -2.41. The van der Waals surface area contributed by atoms with Gasteiger partial charge in [0.1, 0.15) is 0 Å². The van der Waals surface area contributed by atoms with Gasteiger partial charge >= 0.3 is 0 Å². The highest BCUT2D eigenvalue weighted by atomic mass is 32.1. The molecule has 0 spiro atoms. The van der Waals surface area contributed by atoms with Crippen molar-refractivity contribution in [3.05, 3.63) is 11.9 Å². The highest BCUT2D eigenvalue weighted by Gasteiger charge is 2.31. The van der Waals surface area contributed by atoms with Gasteiger partial charge in [-0.1, -0.05) is 26.1 Å². The van der Waals surface area contributed by atoms with Crippen LogP contribution < -0.4 is 11.1 Å². The molecule has 0 aliphatic carbocycles. The summed E-state index contributed by atoms with van der Waals surface area (Å²) in [5.41, 5.74) is 6.26. The fourth-order valence-electron chi connectivity index (χ4n) is 1.42. The van der Waals surface area contributed by atoms with Gasteiger partial charge in [-0.05, 0) is 19.8 Å². The molecule has 0 saturated heterocycles. The van der Waals surface area contributed by atoms with E-state index in [1.807, 2.05) is 20.9 Å². The van der Waals surface area contributed by atoms with Crippen molar-refractivity contribution in [3.63, 3.8) is 0 Å². The van der Waals surface area contributed by atoms with E-state index in [0.29, 0.717) is 5.69 Å². The Morgan fingerprint density at radius 3 is 2.56 bits per heavy atom. The lowest BCUT2D eigenvalue weighted by Gasteiger charge is -2.22. The second-order valence-electron chi connectivity index (χ2n) is 5.20. The summed E-state index contributed by atoms with van der Waals surface area (Å²) in [5.74, 6) is 0.0133. The molecule has 0 aliphatic rings. The predicted molar refractivity (Wildman–Crippen MR) is 76.5 cm³/mol. The van der Waals surface area contributed by atoms with E-state index in [-0.39, 0.29) is 16.8 Å². The summed E-state index contributed by atoms with van der Waals surface area (Å²) in [5, 5.41) is 7.17. The van der Waals surface area contributed by atoms with Crippen molar-refractivity contribution in [2.75, 3.05) is 5.32 Å². The Bertz CT molecular complexity index is 476. The van der Waals surface area contributed by atoms with E-state index >= 15 is 0 Å². The highest BCUT2D eigenvalue weighted by molar-refractivity contribution is 7.80. The Balaban J connectivity index is 2.99. The van der Waals surface area contributed by atoms with E-state index < -0.39 is 5.41 Å². The van der Waals surface area contributed by atoms with Gasteiger partial charge in [-0.2, -0.15) is 5.10 Å². The van der Waals surface area contributed by atoms with Crippen LogP contribution in [-0.4, -0.2) is 20.7 Å². The van der Waals surface area contributed by atoms with Crippen LogP contribution in [0.25, 0.3) is 0 Å². The topological polar surface area (TPSA) is 72.9 Å². The zero-order chi connectivity index (χ0) is 14.1. The Hall–Kier alpha value is -1.43. The number of nitrogens with zero attached hydrogens (tertiary/aromatic N) is 2. The molecule has 3 N–H and O–H groups in total. The summed E-state index contributed by atoms with van der Waals surface area (Å²) in [7, 11) is 1.82. The Morgan fingerprint density at radius 1 is 1.56 bits per heavy atom. The lowest BCUT2D eigenvalue weighted by atomic mass is 9.92. The summed E-state index contributed by atoms with van der Waals surface area (Å²) in [6, 6.07) is 0. The minimum atomic E-state index is -0.876. The maximum Gasteiger partial charge on any atom is 0.236 e. The van der Waals surface area contributed by atoms with Gasteiger partial charge in [0, 0.05) is 13.2 Å². The Morgan fingerprint density at radius 2 is 2.11 bits per heavy atom. The molecule has 1 heterocycles. The average Bonchev–Trinajstić information content (AvgIpc) is 2.59. The van der Waals surface area contributed by atoms with Crippen LogP contribution in [0.4, 0.5) is 5.69 Å². The molecular weight excluding hydrogens is 248 g/mol. The van der Waals surface area contributed by atoms with Crippen molar-refractivity contribution in [2.45, 2.75) is 33.6 Å². The van der Waals surface area contributed by atoms with Crippen LogP contribution in [0.5, 0.6) is 0 Å². The van der Waals surface area contributed by atoms with E-state index in [4.69, 9.17) is 18.0 Å². The van der Waals surface area contributed by atoms with Gasteiger partial charge in [0.2, 0.25) is 5.91 Å². The van der Waals surface area contributed by atoms with Crippen LogP contribution in [-0.2, 0) is 11.8 Å². The fraction of sp³-hybridized carbons (Fsp3) is 0.583. The molecule has 100 valence electrons. The minimum absolute atomic E-state index is 0.176. The first-order chi connectivity index (χ1) is 8.16. The number of thiocarbonyl (C=S) groups is 1. The predicted octanol–water partition coefficient (Wildman–Crippen LogP) is 1.79. The molecule has 5 nitrogen and oxygen atoms in total. The second-order valence-corrected chi connectivity index (χ2v) is 5.64. The number of rotatable bonds is 4. The van der Waals surface area contributed by atoms with Crippen LogP contribution in [0.1, 0.15) is 39.3 Å². The molecule has 0 saturated carbocycles. The van der Waals surface area contributed by atoms with E-state index in [1.165, 1.54) is 0 Å². The van der Waals surface area contributed by atoms with Crippen molar-refractivity contribution in [2.24, 2.45) is 18.2 Å². The second kappa shape index (κ2) is 5.06. The number of nitrogens with one attached hydrogen (secondary N) is 1. The molecule has 18 heavy (non-hydrogen) atoms. The molecule has 0 aliphatic heterocycles. The zero-order valence-corrected chi connectivity index (χ0v) is 12.3. The molecule has 0 aromatic carbocycles. The van der Waals surface area contributed by atoms with Crippen molar-refractivity contribution in [3.8, 4) is 0 Å². The number of aromatic nitrogens is 2. The monoisotopic (exact) mass is 268 g/mol. The van der Waals surface area contributed by atoms with Gasteiger partial charge in [-0.25, -0.2) is 0 Å². The summed E-state index contributed by atoms with van der Waals surface area (Å²) in [6.07, 6.45) is 1.78. The molecule has 0 unspecified atom stereocenters. The van der Waals surface area contributed by atoms with E-state index in [0.717, 1.165) is 5.69 Å². The quantitative estimate of drug-likeness (QED) is 0.817. The third-order valence-corrected chi connectivity index (χ3v) is 3.35. The van der Waals surface area contributed by atoms with Crippen molar-refractivity contribution < 1.29 is 4.79 Å². The fourth-order valence-corrected chi connectivity index (χ4v) is 1.51. The Labute approximate surface area is 113 Å². The molecule has 6 heteroatoms. The highest BCUT2D eigenvalue weighted by Crippen LogP contribution is 2.25. The first-order valence-electron chi connectivity index (χ1n) is 5.81. The summed E-state index contributed by atoms with van der Waals surface area (Å²) < 4.78 is 1.68. The first kappa shape index (κ1) is 14.6. The van der Waals surface area contributed by atoms with E-state index in [9.17, 15) is 4.79 Å². The third-order valence-electron chi connectivity index (χ3n) is 2.84. The molecule has 0 atom stereocenters. The zero-order valence-electron chi connectivity index (χ0n) is 11.4. The van der Waals surface area contributed by atoms with Crippen LogP contribution in [0.3, 0.4) is 0 Å². The maximum absolute atomic E-state index is 12.1. The average molecular weight is 268 g/mol. The molecule has 0 bridgehead atoms. The number of aryl methyl sites for hydroxylation is 1. The molecule has 1 rings (SSSR count). The normalized spacial score (nSPS) is 11.7. The van der Waals surface area contributed by atoms with E-state index in [1.54, 1.807) is 24.7 Å². The number of hydrogen-bond acceptors (Lipinski definition) is 3. The number of anilines is 1. The SMILES string of the molecule is CC(C)c1nn(C)cc1NC(=O)C(C)(C)C(N)=S. The van der Waals surface area contributed by atoms with Gasteiger partial charge < -0.3 is 11.1 Å². The standard InChI is InChI=1S/C12H20N4OS/c1-7(2)9-8(6-16(5)15-9)14-11(17)12(3,4)10(13)18/h6-7H,1-5H3,(H2,13,18)(H,14,17). The number of carbonyl (C=O) groups excluding carboxylic acids is 1. The Kier molecular flexibility index (Phi) is 4.11. The van der Waals surface area contributed by atoms with Crippen molar-refractivity contribution in [1.29, 1.82) is 0 Å². The molecular formula is C12H20N4OS. The van der Waals surface area contributed by atoms with Crippen LogP contribution in [0.15, 0.2) is 6.20 Å².